The lowest BCUT2D eigenvalue weighted by atomic mass is 9.97. The van der Waals surface area contributed by atoms with E-state index >= 15 is 0 Å². The van der Waals surface area contributed by atoms with Crippen molar-refractivity contribution in [2.24, 2.45) is 11.7 Å². The van der Waals surface area contributed by atoms with Crippen LogP contribution in [0.4, 0.5) is 4.39 Å². The second-order valence-corrected chi connectivity index (χ2v) is 7.78. The van der Waals surface area contributed by atoms with Crippen LogP contribution in [0, 0.1) is 5.92 Å². The summed E-state index contributed by atoms with van der Waals surface area (Å²) >= 11 is 1.37. The molecular formula is C18H20FN3O4S. The second kappa shape index (κ2) is 6.95. The van der Waals surface area contributed by atoms with Gasteiger partial charge in [-0.05, 0) is 25.3 Å². The van der Waals surface area contributed by atoms with Crippen LogP contribution in [-0.2, 0) is 4.79 Å². The molecule has 0 radical (unpaired) electrons. The molecule has 7 nitrogen and oxygen atoms in total. The minimum Gasteiger partial charge on any atom is -0.488 e. The maximum absolute atomic E-state index is 13.9. The van der Waals surface area contributed by atoms with Crippen molar-refractivity contribution in [2.45, 2.75) is 44.5 Å². The van der Waals surface area contributed by atoms with Crippen molar-refractivity contribution in [3.8, 4) is 11.6 Å². The van der Waals surface area contributed by atoms with Gasteiger partial charge in [0.05, 0.1) is 10.7 Å². The predicted octanol–water partition coefficient (Wildman–Crippen LogP) is 2.18. The highest BCUT2D eigenvalue weighted by molar-refractivity contribution is 7.17. The number of rotatable bonds is 7. The van der Waals surface area contributed by atoms with Crippen molar-refractivity contribution in [2.75, 3.05) is 6.61 Å². The van der Waals surface area contributed by atoms with Crippen LogP contribution in [0.3, 0.4) is 0 Å². The lowest BCUT2D eigenvalue weighted by Crippen LogP contribution is -2.34. The number of hydrogen-bond donors (Lipinski definition) is 2. The monoisotopic (exact) mass is 393 g/mol. The van der Waals surface area contributed by atoms with Crippen molar-refractivity contribution in [3.63, 3.8) is 0 Å². The summed E-state index contributed by atoms with van der Waals surface area (Å²) in [7, 11) is 0. The van der Waals surface area contributed by atoms with Gasteiger partial charge < -0.3 is 20.5 Å². The van der Waals surface area contributed by atoms with Crippen LogP contribution in [0.15, 0.2) is 11.4 Å². The first-order valence-electron chi connectivity index (χ1n) is 8.93. The Bertz CT molecular complexity index is 898. The molecule has 2 fully saturated rings. The molecule has 144 valence electrons. The van der Waals surface area contributed by atoms with E-state index in [4.69, 9.17) is 15.2 Å². The number of carbonyl (C=O) groups excluding carboxylic acids is 2. The molecule has 1 saturated carbocycles. The van der Waals surface area contributed by atoms with Gasteiger partial charge in [-0.3, -0.25) is 9.59 Å². The second-order valence-electron chi connectivity index (χ2n) is 6.87. The topological polar surface area (TPSA) is 104 Å². The highest BCUT2D eigenvalue weighted by Gasteiger charge is 2.41. The first-order chi connectivity index (χ1) is 13.0. The number of nitrogens with two attached hydrogens (primary N) is 1. The third-order valence-corrected chi connectivity index (χ3v) is 5.80. The fourth-order valence-corrected chi connectivity index (χ4v) is 4.09. The first-order valence-corrected chi connectivity index (χ1v) is 9.81. The summed E-state index contributed by atoms with van der Waals surface area (Å²) in [5.41, 5.74) is 6.26. The lowest BCUT2D eigenvalue weighted by Gasteiger charge is -2.18. The standard InChI is InChI=1S/C18H20FN3O4S/c1-2-9-11(21-17(24)14(9)19)6-25-12-7-27-13-5-10(16(20)23)18(22-15(12)13)26-8-3-4-8/h5,7-9,11,14H,2-4,6H2,1H3,(H2,20,23)(H,21,24)/t9-,11+,14-/m0/s1. The number of pyridine rings is 1. The minimum atomic E-state index is -1.50. The highest BCUT2D eigenvalue weighted by Crippen LogP contribution is 2.36. The maximum atomic E-state index is 13.9. The van der Waals surface area contributed by atoms with Crippen molar-refractivity contribution in [1.29, 1.82) is 0 Å². The average Bonchev–Trinajstić information content (AvgIpc) is 3.30. The number of aromatic nitrogens is 1. The smallest absolute Gasteiger partial charge is 0.255 e. The molecule has 0 bridgehead atoms. The zero-order valence-corrected chi connectivity index (χ0v) is 15.6. The fraction of sp³-hybridized carbons (Fsp3) is 0.500. The lowest BCUT2D eigenvalue weighted by molar-refractivity contribution is -0.123. The predicted molar refractivity (Wildman–Crippen MR) is 97.9 cm³/mol. The molecule has 0 aromatic carbocycles. The molecule has 0 unspecified atom stereocenters. The molecule has 3 heterocycles. The fourth-order valence-electron chi connectivity index (χ4n) is 3.23. The number of alkyl halides is 1. The van der Waals surface area contributed by atoms with E-state index in [-0.39, 0.29) is 30.2 Å². The van der Waals surface area contributed by atoms with E-state index in [1.807, 2.05) is 6.92 Å². The van der Waals surface area contributed by atoms with Gasteiger partial charge >= 0.3 is 0 Å². The van der Waals surface area contributed by atoms with Gasteiger partial charge in [0.1, 0.15) is 23.8 Å². The summed E-state index contributed by atoms with van der Waals surface area (Å²) < 4.78 is 26.2. The molecule has 1 aliphatic heterocycles. The van der Waals surface area contributed by atoms with Crippen LogP contribution >= 0.6 is 11.3 Å². The largest absolute Gasteiger partial charge is 0.488 e. The van der Waals surface area contributed by atoms with Gasteiger partial charge in [0, 0.05) is 11.3 Å². The molecule has 3 atom stereocenters. The van der Waals surface area contributed by atoms with E-state index in [0.717, 1.165) is 17.5 Å². The number of nitrogens with one attached hydrogen (secondary N) is 1. The molecular weight excluding hydrogens is 373 g/mol. The Hall–Kier alpha value is -2.42. The van der Waals surface area contributed by atoms with Crippen LogP contribution in [0.5, 0.6) is 11.6 Å². The number of nitrogens with zero attached hydrogens (tertiary/aromatic N) is 1. The first kappa shape index (κ1) is 18.0. The number of thiophene rings is 1. The number of fused-ring (bicyclic) bond motifs is 1. The molecule has 1 aliphatic carbocycles. The van der Waals surface area contributed by atoms with Crippen molar-refractivity contribution in [3.05, 3.63) is 17.0 Å². The third kappa shape index (κ3) is 3.43. The molecule has 9 heteroatoms. The number of hydrogen-bond acceptors (Lipinski definition) is 6. The number of primary amides is 1. The van der Waals surface area contributed by atoms with Gasteiger partial charge in [-0.1, -0.05) is 6.92 Å². The van der Waals surface area contributed by atoms with E-state index in [2.05, 4.69) is 10.3 Å². The van der Waals surface area contributed by atoms with E-state index in [0.29, 0.717) is 17.7 Å². The zero-order valence-electron chi connectivity index (χ0n) is 14.7. The minimum absolute atomic E-state index is 0.0663. The number of amides is 2. The molecule has 4 rings (SSSR count). The number of halogens is 1. The van der Waals surface area contributed by atoms with Crippen molar-refractivity contribution >= 4 is 33.4 Å². The Morgan fingerprint density at radius 2 is 2.26 bits per heavy atom. The van der Waals surface area contributed by atoms with Gasteiger partial charge in [0.25, 0.3) is 11.8 Å². The van der Waals surface area contributed by atoms with Crippen molar-refractivity contribution < 1.29 is 23.5 Å². The molecule has 27 heavy (non-hydrogen) atoms. The summed E-state index contributed by atoms with van der Waals surface area (Å²) in [6, 6.07) is 1.27. The Labute approximate surface area is 159 Å². The summed E-state index contributed by atoms with van der Waals surface area (Å²) in [6.07, 6.45) is 0.955. The van der Waals surface area contributed by atoms with E-state index < -0.39 is 23.9 Å². The van der Waals surface area contributed by atoms with Crippen LogP contribution in [0.25, 0.3) is 10.2 Å². The number of carbonyl (C=O) groups is 2. The summed E-state index contributed by atoms with van der Waals surface area (Å²) in [5.74, 6) is -0.867. The molecule has 2 aliphatic rings. The highest BCUT2D eigenvalue weighted by atomic mass is 32.1. The van der Waals surface area contributed by atoms with Crippen LogP contribution in [0.1, 0.15) is 36.5 Å². The van der Waals surface area contributed by atoms with E-state index in [1.165, 1.54) is 11.3 Å². The van der Waals surface area contributed by atoms with Gasteiger partial charge in [-0.15, -0.1) is 11.3 Å². The Kier molecular flexibility index (Phi) is 4.63. The molecule has 2 aromatic heterocycles. The SMILES string of the molecule is CC[C@@H]1[C@H](F)C(=O)N[C@@H]1COc1csc2cc(C(N)=O)c(OC3CC3)nc12. The maximum Gasteiger partial charge on any atom is 0.255 e. The van der Waals surface area contributed by atoms with Gasteiger partial charge in [-0.25, -0.2) is 9.37 Å². The van der Waals surface area contributed by atoms with E-state index in [9.17, 15) is 14.0 Å². The van der Waals surface area contributed by atoms with Gasteiger partial charge in [-0.2, -0.15) is 0 Å². The van der Waals surface area contributed by atoms with Crippen LogP contribution in [-0.4, -0.2) is 41.7 Å². The van der Waals surface area contributed by atoms with Gasteiger partial charge in [0.2, 0.25) is 5.88 Å². The van der Waals surface area contributed by atoms with Crippen LogP contribution < -0.4 is 20.5 Å². The summed E-state index contributed by atoms with van der Waals surface area (Å²) in [4.78, 5) is 27.7. The normalized spacial score (nSPS) is 24.8. The number of ether oxygens (including phenoxy) is 2. The Balaban J connectivity index is 1.57. The molecule has 0 spiro atoms. The quantitative estimate of drug-likeness (QED) is 0.750. The third-order valence-electron chi connectivity index (χ3n) is 4.91. The zero-order chi connectivity index (χ0) is 19.1. The molecule has 2 amide bonds. The Morgan fingerprint density at radius 3 is 2.93 bits per heavy atom. The van der Waals surface area contributed by atoms with Crippen molar-refractivity contribution in [1.82, 2.24) is 10.3 Å². The molecule has 3 N–H and O–H groups in total. The molecule has 1 saturated heterocycles. The molecule has 2 aromatic rings. The van der Waals surface area contributed by atoms with Gasteiger partial charge in [0.15, 0.2) is 11.9 Å². The van der Waals surface area contributed by atoms with E-state index in [1.54, 1.807) is 11.4 Å². The summed E-state index contributed by atoms with van der Waals surface area (Å²) in [6.45, 7) is 1.99. The Morgan fingerprint density at radius 1 is 1.48 bits per heavy atom. The average molecular weight is 393 g/mol. The summed E-state index contributed by atoms with van der Waals surface area (Å²) in [5, 5.41) is 4.41. The van der Waals surface area contributed by atoms with Crippen LogP contribution in [0.2, 0.25) is 0 Å².